The Hall–Kier alpha value is -1.08. The predicted octanol–water partition coefficient (Wildman–Crippen LogP) is 1.48. The van der Waals surface area contributed by atoms with Crippen LogP contribution in [0.25, 0.3) is 0 Å². The van der Waals surface area contributed by atoms with Crippen molar-refractivity contribution in [3.05, 3.63) is 33.8 Å². The van der Waals surface area contributed by atoms with Gasteiger partial charge in [0.2, 0.25) is 0 Å². The summed E-state index contributed by atoms with van der Waals surface area (Å²) in [4.78, 5) is 22.8. The molecule has 1 radical (unpaired) electrons. The second kappa shape index (κ2) is 8.39. The molecule has 0 saturated heterocycles. The Balaban J connectivity index is 2.91. The van der Waals surface area contributed by atoms with Gasteiger partial charge in [0.1, 0.15) is 0 Å². The highest BCUT2D eigenvalue weighted by Crippen LogP contribution is 2.24. The maximum absolute atomic E-state index is 10.7. The first-order valence-electron chi connectivity index (χ1n) is 6.19. The van der Waals surface area contributed by atoms with E-state index in [0.29, 0.717) is 22.7 Å². The fourth-order valence-electron chi connectivity index (χ4n) is 1.98. The van der Waals surface area contributed by atoms with E-state index in [1.54, 1.807) is 25.2 Å². The predicted molar refractivity (Wildman–Crippen MR) is 82.5 cm³/mol. The maximum Gasteiger partial charge on any atom is 0.306 e. The van der Waals surface area contributed by atoms with Gasteiger partial charge >= 0.3 is 5.97 Å². The lowest BCUT2D eigenvalue weighted by molar-refractivity contribution is -0.139. The van der Waals surface area contributed by atoms with Crippen molar-refractivity contribution in [3.63, 3.8) is 0 Å². The normalized spacial score (nSPS) is 13.8. The highest BCUT2D eigenvalue weighted by Gasteiger charge is 2.26. The van der Waals surface area contributed by atoms with Gasteiger partial charge in [-0.15, -0.1) is 0 Å². The van der Waals surface area contributed by atoms with Crippen molar-refractivity contribution in [2.24, 2.45) is 0 Å². The van der Waals surface area contributed by atoms with Crippen LogP contribution in [0.3, 0.4) is 0 Å². The summed E-state index contributed by atoms with van der Waals surface area (Å²) >= 11 is 11.8. The van der Waals surface area contributed by atoms with Gasteiger partial charge in [-0.2, -0.15) is 0 Å². The summed E-state index contributed by atoms with van der Waals surface area (Å²) in [5.74, 6) is -1.11. The highest BCUT2D eigenvalue weighted by molar-refractivity contribution is 6.64. The van der Waals surface area contributed by atoms with Crippen LogP contribution in [0, 0.1) is 0 Å². The first-order chi connectivity index (χ1) is 9.85. The van der Waals surface area contributed by atoms with Crippen molar-refractivity contribution in [2.45, 2.75) is 25.0 Å². The van der Waals surface area contributed by atoms with Gasteiger partial charge in [0.25, 0.3) is 7.41 Å². The van der Waals surface area contributed by atoms with Crippen molar-refractivity contribution in [2.75, 3.05) is 7.05 Å². The summed E-state index contributed by atoms with van der Waals surface area (Å²) in [6, 6.07) is 4.45. The Morgan fingerprint density at radius 1 is 1.43 bits per heavy atom. The molecule has 0 aliphatic rings. The van der Waals surface area contributed by atoms with Gasteiger partial charge in [-0.3, -0.25) is 4.79 Å². The number of carbonyl (C=O) groups is 2. The summed E-state index contributed by atoms with van der Waals surface area (Å²) in [5.41, 5.74) is 0.782. The number of likely N-dealkylation sites (N-methyl/N-ethyl adjacent to an activating group) is 1. The molecular weight excluding hydrogens is 316 g/mol. The average molecular weight is 331 g/mol. The number of carbonyl (C=O) groups excluding carboxylic acids is 1. The van der Waals surface area contributed by atoms with Crippen LogP contribution in [0.2, 0.25) is 10.0 Å². The van der Waals surface area contributed by atoms with Gasteiger partial charge in [0.05, 0.1) is 28.8 Å². The molecule has 0 aliphatic carbocycles. The summed E-state index contributed by atoms with van der Waals surface area (Å²) in [5, 5.41) is 19.6. The molecule has 0 fully saturated rings. The largest absolute Gasteiger partial charge is 0.481 e. The number of nitrogens with zero attached hydrogens (tertiary/aromatic N) is 1. The number of halogens is 2. The number of hydrogen-bond donors (Lipinski definition) is 2. The van der Waals surface area contributed by atoms with Crippen LogP contribution in [0.4, 0.5) is 0 Å². The number of rotatable bonds is 8. The molecule has 0 heterocycles. The monoisotopic (exact) mass is 330 g/mol. The lowest BCUT2D eigenvalue weighted by Gasteiger charge is -2.30. The molecule has 1 rings (SSSR count). The Kier molecular flexibility index (Phi) is 7.18. The van der Waals surface area contributed by atoms with Crippen molar-refractivity contribution < 1.29 is 19.8 Å². The molecule has 21 heavy (non-hydrogen) atoms. The quantitative estimate of drug-likeness (QED) is 0.557. The number of hydrogen-bond acceptors (Lipinski definition) is 4. The number of aliphatic carboxylic acids is 1. The highest BCUT2D eigenvalue weighted by atomic mass is 35.5. The standard InChI is InChI=1S/C13H15BCl2NO4/c1-17(14-7-18)11(12(19)6-13(20)21)5-8-2-3-9(15)10(16)4-8/h2-4,7,11-12,19H,5-6H2,1H3,(H,20,21)/t11-,12?/m1/s1. The van der Waals surface area contributed by atoms with Crippen molar-refractivity contribution in [1.29, 1.82) is 0 Å². The van der Waals surface area contributed by atoms with E-state index in [4.69, 9.17) is 28.3 Å². The first-order valence-corrected chi connectivity index (χ1v) is 6.95. The van der Waals surface area contributed by atoms with Crippen LogP contribution < -0.4 is 0 Å². The van der Waals surface area contributed by atoms with E-state index in [9.17, 15) is 14.7 Å². The van der Waals surface area contributed by atoms with Gasteiger partial charge in [-0.05, 0) is 31.2 Å². The zero-order chi connectivity index (χ0) is 16.0. The molecule has 0 aliphatic heterocycles. The molecule has 0 spiro atoms. The fraction of sp³-hybridized carbons (Fsp3) is 0.385. The minimum Gasteiger partial charge on any atom is -0.481 e. The maximum atomic E-state index is 10.7. The number of carboxylic acids is 1. The molecule has 5 nitrogen and oxygen atoms in total. The second-order valence-electron chi connectivity index (χ2n) is 4.64. The Morgan fingerprint density at radius 3 is 2.62 bits per heavy atom. The Labute approximate surface area is 133 Å². The summed E-state index contributed by atoms with van der Waals surface area (Å²) in [7, 11) is 2.84. The van der Waals surface area contributed by atoms with Crippen molar-refractivity contribution >= 4 is 42.8 Å². The molecule has 0 saturated carbocycles. The molecule has 0 aromatic heterocycles. The molecule has 2 atom stereocenters. The molecule has 8 heteroatoms. The fourth-order valence-corrected chi connectivity index (χ4v) is 2.30. The van der Waals surface area contributed by atoms with E-state index in [0.717, 1.165) is 5.56 Å². The summed E-state index contributed by atoms with van der Waals surface area (Å²) < 4.78 is 0. The number of aliphatic hydroxyl groups excluding tert-OH is 1. The molecule has 1 unspecified atom stereocenters. The minimum atomic E-state index is -1.13. The Bertz CT molecular complexity index is 515. The number of aliphatic hydroxyl groups is 1. The van der Waals surface area contributed by atoms with Crippen molar-refractivity contribution in [1.82, 2.24) is 4.81 Å². The summed E-state index contributed by atoms with van der Waals surface area (Å²) in [6.45, 7) is 0. The zero-order valence-electron chi connectivity index (χ0n) is 11.4. The van der Waals surface area contributed by atoms with Gasteiger partial charge in [-0.25, -0.2) is 0 Å². The van der Waals surface area contributed by atoms with Gasteiger partial charge < -0.3 is 19.8 Å². The Morgan fingerprint density at radius 2 is 2.10 bits per heavy atom. The van der Waals surface area contributed by atoms with E-state index in [2.05, 4.69) is 0 Å². The van der Waals surface area contributed by atoms with E-state index in [-0.39, 0.29) is 0 Å². The molecule has 0 bridgehead atoms. The van der Waals surface area contributed by atoms with Gasteiger partial charge in [-0.1, -0.05) is 29.3 Å². The summed E-state index contributed by atoms with van der Waals surface area (Å²) in [6.07, 6.45) is -0.636. The van der Waals surface area contributed by atoms with Gasteiger partial charge in [0, 0.05) is 6.04 Å². The molecular formula is C13H15BCl2NO4. The molecule has 0 amide bonds. The van der Waals surface area contributed by atoms with E-state index >= 15 is 0 Å². The smallest absolute Gasteiger partial charge is 0.306 e. The lowest BCUT2D eigenvalue weighted by atomic mass is 9.87. The lowest BCUT2D eigenvalue weighted by Crippen LogP contribution is -2.46. The van der Waals surface area contributed by atoms with Crippen LogP contribution in [0.1, 0.15) is 12.0 Å². The van der Waals surface area contributed by atoms with Crippen LogP contribution >= 0.6 is 23.2 Å². The van der Waals surface area contributed by atoms with E-state index in [1.165, 1.54) is 12.2 Å². The first kappa shape index (κ1) is 18.0. The minimum absolute atomic E-state index is 0.326. The molecule has 2 N–H and O–H groups in total. The molecule has 113 valence electrons. The van der Waals surface area contributed by atoms with Crippen LogP contribution in [-0.4, -0.2) is 53.8 Å². The second-order valence-corrected chi connectivity index (χ2v) is 5.45. The van der Waals surface area contributed by atoms with Crippen molar-refractivity contribution in [3.8, 4) is 0 Å². The van der Waals surface area contributed by atoms with Crippen LogP contribution in [-0.2, 0) is 16.0 Å². The number of carboxylic acid groups (broad SMARTS) is 1. The third-order valence-electron chi connectivity index (χ3n) is 3.08. The number of benzene rings is 1. The van der Waals surface area contributed by atoms with Gasteiger partial charge in [0.15, 0.2) is 0 Å². The van der Waals surface area contributed by atoms with Crippen LogP contribution in [0.5, 0.6) is 0 Å². The van der Waals surface area contributed by atoms with E-state index in [1.807, 2.05) is 0 Å². The average Bonchev–Trinajstić information content (AvgIpc) is 2.39. The third-order valence-corrected chi connectivity index (χ3v) is 3.81. The SMILES string of the molecule is CN([B]C=O)[C@H](Cc1ccc(Cl)c(Cl)c1)C(O)CC(=O)O. The molecule has 1 aromatic rings. The molecule has 1 aromatic carbocycles. The van der Waals surface area contributed by atoms with Crippen LogP contribution in [0.15, 0.2) is 18.2 Å². The zero-order valence-corrected chi connectivity index (χ0v) is 12.9. The third kappa shape index (κ3) is 5.67. The van der Waals surface area contributed by atoms with E-state index < -0.39 is 24.5 Å². The topological polar surface area (TPSA) is 77.8 Å².